The van der Waals surface area contributed by atoms with E-state index < -0.39 is 5.97 Å². The first-order valence-electron chi connectivity index (χ1n) is 9.69. The van der Waals surface area contributed by atoms with Gasteiger partial charge < -0.3 is 9.84 Å². The van der Waals surface area contributed by atoms with E-state index >= 15 is 0 Å². The van der Waals surface area contributed by atoms with Crippen LogP contribution in [0, 0.1) is 0 Å². The molecule has 0 aliphatic heterocycles. The van der Waals surface area contributed by atoms with Gasteiger partial charge in [0.2, 0.25) is 0 Å². The Hall–Kier alpha value is -3.16. The van der Waals surface area contributed by atoms with E-state index in [9.17, 15) is 14.7 Å². The molecule has 2 heterocycles. The number of ether oxygens (including phenoxy) is 1. The van der Waals surface area contributed by atoms with E-state index in [1.54, 1.807) is 28.8 Å². The summed E-state index contributed by atoms with van der Waals surface area (Å²) in [6.07, 6.45) is 1.04. The Morgan fingerprint density at radius 3 is 2.58 bits per heavy atom. The van der Waals surface area contributed by atoms with Crippen molar-refractivity contribution in [2.45, 2.75) is 19.4 Å². The molecule has 2 aromatic carbocycles. The van der Waals surface area contributed by atoms with Crippen LogP contribution in [0.15, 0.2) is 64.8 Å². The van der Waals surface area contributed by atoms with Crippen molar-refractivity contribution in [1.29, 1.82) is 0 Å². The van der Waals surface area contributed by atoms with Crippen LogP contribution < -0.4 is 10.3 Å². The lowest BCUT2D eigenvalue weighted by Crippen LogP contribution is -2.27. The number of carbonyl (C=O) groups is 1. The molecule has 0 atom stereocenters. The second-order valence-electron chi connectivity index (χ2n) is 6.94. The molecule has 31 heavy (non-hydrogen) atoms. The lowest BCUT2D eigenvalue weighted by Gasteiger charge is -2.13. The molecular weight excluding hydrogens is 436 g/mol. The summed E-state index contributed by atoms with van der Waals surface area (Å²) in [5, 5.41) is 11.7. The smallest absolute Gasteiger partial charge is 0.337 e. The minimum absolute atomic E-state index is 0.00470. The number of halogens is 1. The van der Waals surface area contributed by atoms with Gasteiger partial charge in [0.1, 0.15) is 16.4 Å². The lowest BCUT2D eigenvalue weighted by molar-refractivity contribution is 0.0699. The number of fused-ring (bicyclic) bond motifs is 1. The van der Waals surface area contributed by atoms with Crippen molar-refractivity contribution < 1.29 is 14.6 Å². The van der Waals surface area contributed by atoms with Gasteiger partial charge in [0, 0.05) is 23.4 Å². The van der Waals surface area contributed by atoms with E-state index in [4.69, 9.17) is 16.3 Å². The standard InChI is InChI=1S/C23H19ClN2O4S/c24-16-7-9-17(10-8-16)30-12-4-11-26-19(13-15-5-2-1-3-6-15)25-21-20(22(26)27)18(14-31-21)23(28)29/h1-3,5-10,14H,4,11-13H2,(H,28,29). The normalized spacial score (nSPS) is 11.0. The number of hydrogen-bond acceptors (Lipinski definition) is 5. The molecule has 0 amide bonds. The Kier molecular flexibility index (Phi) is 6.34. The molecule has 0 radical (unpaired) electrons. The Labute approximate surface area is 187 Å². The fourth-order valence-corrected chi connectivity index (χ4v) is 4.36. The van der Waals surface area contributed by atoms with Gasteiger partial charge >= 0.3 is 5.97 Å². The number of benzene rings is 2. The average molecular weight is 455 g/mol. The molecule has 0 aliphatic rings. The maximum absolute atomic E-state index is 13.2. The van der Waals surface area contributed by atoms with Gasteiger partial charge in [-0.1, -0.05) is 41.9 Å². The molecule has 1 N–H and O–H groups in total. The minimum atomic E-state index is -1.13. The van der Waals surface area contributed by atoms with Crippen LogP contribution in [0.1, 0.15) is 28.2 Å². The van der Waals surface area contributed by atoms with Gasteiger partial charge in [-0.3, -0.25) is 9.36 Å². The predicted molar refractivity (Wildman–Crippen MR) is 122 cm³/mol. The molecule has 0 saturated heterocycles. The van der Waals surface area contributed by atoms with Gasteiger partial charge in [-0.2, -0.15) is 0 Å². The third-order valence-electron chi connectivity index (χ3n) is 4.82. The molecule has 8 heteroatoms. The maximum atomic E-state index is 13.2. The first-order chi connectivity index (χ1) is 15.0. The third-order valence-corrected chi connectivity index (χ3v) is 5.94. The maximum Gasteiger partial charge on any atom is 0.337 e. The second kappa shape index (κ2) is 9.32. The second-order valence-corrected chi connectivity index (χ2v) is 8.23. The molecular formula is C23H19ClN2O4S. The fraction of sp³-hybridized carbons (Fsp3) is 0.174. The zero-order valence-corrected chi connectivity index (χ0v) is 18.0. The van der Waals surface area contributed by atoms with Crippen LogP contribution in [-0.4, -0.2) is 27.2 Å². The SMILES string of the molecule is O=C(O)c1csc2nc(Cc3ccccc3)n(CCCOc3ccc(Cl)cc3)c(=O)c12. The highest BCUT2D eigenvalue weighted by Gasteiger charge is 2.19. The predicted octanol–water partition coefficient (Wildman–Crippen LogP) is 4.87. The molecule has 158 valence electrons. The number of aromatic nitrogens is 2. The van der Waals surface area contributed by atoms with Gasteiger partial charge in [0.05, 0.1) is 17.6 Å². The molecule has 4 rings (SSSR count). The summed E-state index contributed by atoms with van der Waals surface area (Å²) in [7, 11) is 0. The van der Waals surface area contributed by atoms with Gasteiger partial charge in [-0.15, -0.1) is 11.3 Å². The van der Waals surface area contributed by atoms with Gasteiger partial charge in [0.15, 0.2) is 0 Å². The van der Waals surface area contributed by atoms with Crippen molar-refractivity contribution in [3.63, 3.8) is 0 Å². The topological polar surface area (TPSA) is 81.4 Å². The number of aromatic carboxylic acids is 1. The number of rotatable bonds is 8. The van der Waals surface area contributed by atoms with Crippen molar-refractivity contribution in [3.05, 3.63) is 92.3 Å². The van der Waals surface area contributed by atoms with Crippen molar-refractivity contribution in [2.24, 2.45) is 0 Å². The van der Waals surface area contributed by atoms with Crippen molar-refractivity contribution >= 4 is 39.1 Å². The van der Waals surface area contributed by atoms with Crippen molar-refractivity contribution in [1.82, 2.24) is 9.55 Å². The molecule has 0 bridgehead atoms. The molecule has 4 aromatic rings. The Balaban J connectivity index is 1.61. The van der Waals surface area contributed by atoms with Gasteiger partial charge in [-0.05, 0) is 36.2 Å². The number of nitrogens with zero attached hydrogens (tertiary/aromatic N) is 2. The lowest BCUT2D eigenvalue weighted by atomic mass is 10.1. The summed E-state index contributed by atoms with van der Waals surface area (Å²) >= 11 is 7.06. The monoisotopic (exact) mass is 454 g/mol. The molecule has 0 fully saturated rings. The van der Waals surface area contributed by atoms with Crippen LogP contribution in [-0.2, 0) is 13.0 Å². The minimum Gasteiger partial charge on any atom is -0.494 e. The molecule has 2 aromatic heterocycles. The van der Waals surface area contributed by atoms with E-state index in [0.29, 0.717) is 47.4 Å². The van der Waals surface area contributed by atoms with Gasteiger partial charge in [0.25, 0.3) is 5.56 Å². The summed E-state index contributed by atoms with van der Waals surface area (Å²) < 4.78 is 7.30. The summed E-state index contributed by atoms with van der Waals surface area (Å²) in [4.78, 5) is 29.9. The molecule has 0 aliphatic carbocycles. The number of carboxylic acid groups (broad SMARTS) is 1. The van der Waals surface area contributed by atoms with Crippen molar-refractivity contribution in [2.75, 3.05) is 6.61 Å². The summed E-state index contributed by atoms with van der Waals surface area (Å²) in [5.74, 6) is 0.174. The zero-order valence-electron chi connectivity index (χ0n) is 16.5. The summed E-state index contributed by atoms with van der Waals surface area (Å²) in [5.41, 5.74) is 0.686. The molecule has 0 spiro atoms. The van der Waals surface area contributed by atoms with E-state index in [0.717, 1.165) is 5.56 Å². The van der Waals surface area contributed by atoms with Crippen LogP contribution in [0.4, 0.5) is 0 Å². The third kappa shape index (κ3) is 4.78. The van der Waals surface area contributed by atoms with E-state index in [-0.39, 0.29) is 16.5 Å². The first-order valence-corrected chi connectivity index (χ1v) is 10.9. The first kappa shape index (κ1) is 21.1. The van der Waals surface area contributed by atoms with Crippen LogP contribution in [0.5, 0.6) is 5.75 Å². The molecule has 6 nitrogen and oxygen atoms in total. The summed E-state index contributed by atoms with van der Waals surface area (Å²) in [6.45, 7) is 0.763. The quantitative estimate of drug-likeness (QED) is 0.384. The number of hydrogen-bond donors (Lipinski definition) is 1. The Bertz CT molecular complexity index is 1270. The molecule has 0 unspecified atom stereocenters. The van der Waals surface area contributed by atoms with Crippen LogP contribution >= 0.6 is 22.9 Å². The Morgan fingerprint density at radius 2 is 1.87 bits per heavy atom. The number of carboxylic acids is 1. The zero-order chi connectivity index (χ0) is 21.8. The Morgan fingerprint density at radius 1 is 1.13 bits per heavy atom. The van der Waals surface area contributed by atoms with E-state index in [1.807, 2.05) is 30.3 Å². The fourth-order valence-electron chi connectivity index (χ4n) is 3.31. The molecule has 0 saturated carbocycles. The van der Waals surface area contributed by atoms with E-state index in [1.165, 1.54) is 16.7 Å². The highest BCUT2D eigenvalue weighted by atomic mass is 35.5. The largest absolute Gasteiger partial charge is 0.494 e. The van der Waals surface area contributed by atoms with Crippen LogP contribution in [0.2, 0.25) is 5.02 Å². The summed E-state index contributed by atoms with van der Waals surface area (Å²) in [6, 6.07) is 16.8. The van der Waals surface area contributed by atoms with Gasteiger partial charge in [-0.25, -0.2) is 9.78 Å². The van der Waals surface area contributed by atoms with Crippen molar-refractivity contribution in [3.8, 4) is 5.75 Å². The van der Waals surface area contributed by atoms with Crippen LogP contribution in [0.3, 0.4) is 0 Å². The van der Waals surface area contributed by atoms with Crippen LogP contribution in [0.25, 0.3) is 10.2 Å². The average Bonchev–Trinajstić information content (AvgIpc) is 3.19. The number of thiophene rings is 1. The van der Waals surface area contributed by atoms with E-state index in [2.05, 4.69) is 4.98 Å². The highest BCUT2D eigenvalue weighted by molar-refractivity contribution is 7.17. The highest BCUT2D eigenvalue weighted by Crippen LogP contribution is 2.23.